The average Bonchev–Trinajstić information content (AvgIpc) is 2.76. The highest BCUT2D eigenvalue weighted by molar-refractivity contribution is 7.98. The number of hydrogen-bond acceptors (Lipinski definition) is 3. The fourth-order valence-corrected chi connectivity index (χ4v) is 3.16. The van der Waals surface area contributed by atoms with Gasteiger partial charge in [-0.05, 0) is 38.0 Å². The van der Waals surface area contributed by atoms with Crippen LogP contribution in [0.25, 0.3) is 0 Å². The van der Waals surface area contributed by atoms with Crippen molar-refractivity contribution in [3.63, 3.8) is 0 Å². The first-order valence-electron chi connectivity index (χ1n) is 6.22. The quantitative estimate of drug-likeness (QED) is 0.746. The van der Waals surface area contributed by atoms with Crippen LogP contribution >= 0.6 is 11.8 Å². The number of nitrogens with one attached hydrogen (secondary N) is 1. The van der Waals surface area contributed by atoms with Gasteiger partial charge >= 0.3 is 0 Å². The lowest BCUT2D eigenvalue weighted by Gasteiger charge is -2.22. The van der Waals surface area contributed by atoms with E-state index >= 15 is 0 Å². The Morgan fingerprint density at radius 3 is 2.88 bits per heavy atom. The fraction of sp³-hybridized carbons (Fsp3) is 0.917. The number of carbonyl (C=O) groups excluding carboxylic acids is 1. The van der Waals surface area contributed by atoms with E-state index in [2.05, 4.69) is 18.5 Å². The van der Waals surface area contributed by atoms with Crippen LogP contribution in [0.15, 0.2) is 0 Å². The summed E-state index contributed by atoms with van der Waals surface area (Å²) in [5, 5.41) is 3.16. The van der Waals surface area contributed by atoms with Crippen molar-refractivity contribution in [3.05, 3.63) is 0 Å². The molecule has 0 aliphatic heterocycles. The minimum atomic E-state index is 0.168. The fourth-order valence-electron chi connectivity index (χ4n) is 2.44. The lowest BCUT2D eigenvalue weighted by molar-refractivity contribution is -0.126. The molecule has 1 saturated carbocycles. The summed E-state index contributed by atoms with van der Waals surface area (Å²) >= 11 is 1.79. The molecule has 1 aliphatic rings. The van der Waals surface area contributed by atoms with Crippen molar-refractivity contribution in [1.82, 2.24) is 5.32 Å². The molecule has 3 unspecified atom stereocenters. The number of carbonyl (C=O) groups is 1. The van der Waals surface area contributed by atoms with Gasteiger partial charge in [0.25, 0.3) is 0 Å². The normalized spacial score (nSPS) is 26.7. The summed E-state index contributed by atoms with van der Waals surface area (Å²) in [6.07, 6.45) is 6.37. The maximum absolute atomic E-state index is 12.1. The second kappa shape index (κ2) is 7.17. The molecule has 16 heavy (non-hydrogen) atoms. The van der Waals surface area contributed by atoms with E-state index in [-0.39, 0.29) is 11.8 Å². The van der Waals surface area contributed by atoms with Crippen LogP contribution in [-0.2, 0) is 4.79 Å². The lowest BCUT2D eigenvalue weighted by atomic mass is 9.95. The van der Waals surface area contributed by atoms with Crippen LogP contribution in [0.3, 0.4) is 0 Å². The molecule has 0 aromatic rings. The topological polar surface area (TPSA) is 55.1 Å². The molecular formula is C12H24N2OS. The van der Waals surface area contributed by atoms with Crippen molar-refractivity contribution in [2.75, 3.05) is 18.6 Å². The monoisotopic (exact) mass is 244 g/mol. The standard InChI is InChI=1S/C12H24N2OS/c1-3-10(8-16-2)14-12(15)11-6-4-5-9(11)7-13/h9-11H,3-8,13H2,1-2H3,(H,14,15). The molecule has 3 N–H and O–H groups in total. The SMILES string of the molecule is CCC(CSC)NC(=O)C1CCCC1CN. The molecule has 1 fully saturated rings. The second-order valence-electron chi connectivity index (χ2n) is 4.60. The second-order valence-corrected chi connectivity index (χ2v) is 5.51. The van der Waals surface area contributed by atoms with Crippen LogP contribution in [0.4, 0.5) is 0 Å². The summed E-state index contributed by atoms with van der Waals surface area (Å²) < 4.78 is 0. The number of amides is 1. The van der Waals surface area contributed by atoms with Crippen molar-refractivity contribution in [3.8, 4) is 0 Å². The van der Waals surface area contributed by atoms with Gasteiger partial charge in [0.05, 0.1) is 0 Å². The molecule has 0 aromatic heterocycles. The van der Waals surface area contributed by atoms with Crippen molar-refractivity contribution < 1.29 is 4.79 Å². The Labute approximate surface area is 103 Å². The smallest absolute Gasteiger partial charge is 0.223 e. The summed E-state index contributed by atoms with van der Waals surface area (Å²) in [7, 11) is 0. The molecule has 94 valence electrons. The van der Waals surface area contributed by atoms with Gasteiger partial charge < -0.3 is 11.1 Å². The van der Waals surface area contributed by atoms with Crippen LogP contribution in [0, 0.1) is 11.8 Å². The molecule has 0 aromatic carbocycles. The van der Waals surface area contributed by atoms with E-state index in [4.69, 9.17) is 5.73 Å². The highest BCUT2D eigenvalue weighted by atomic mass is 32.2. The Kier molecular flexibility index (Phi) is 6.21. The van der Waals surface area contributed by atoms with E-state index in [1.54, 1.807) is 11.8 Å². The minimum Gasteiger partial charge on any atom is -0.352 e. The van der Waals surface area contributed by atoms with Gasteiger partial charge in [0.15, 0.2) is 0 Å². The molecule has 1 aliphatic carbocycles. The van der Waals surface area contributed by atoms with Gasteiger partial charge in [0, 0.05) is 17.7 Å². The van der Waals surface area contributed by atoms with E-state index < -0.39 is 0 Å². The van der Waals surface area contributed by atoms with E-state index in [0.717, 1.165) is 31.4 Å². The molecular weight excluding hydrogens is 220 g/mol. The zero-order valence-corrected chi connectivity index (χ0v) is 11.2. The number of rotatable bonds is 6. The Morgan fingerprint density at radius 1 is 1.56 bits per heavy atom. The maximum atomic E-state index is 12.1. The van der Waals surface area contributed by atoms with Gasteiger partial charge in [-0.15, -0.1) is 0 Å². The highest BCUT2D eigenvalue weighted by Gasteiger charge is 2.32. The van der Waals surface area contributed by atoms with Gasteiger partial charge in [0.2, 0.25) is 5.91 Å². The summed E-state index contributed by atoms with van der Waals surface area (Å²) in [6.45, 7) is 2.77. The predicted octanol–water partition coefficient (Wildman–Crippen LogP) is 1.62. The van der Waals surface area contributed by atoms with E-state index in [9.17, 15) is 4.79 Å². The molecule has 0 bridgehead atoms. The Balaban J connectivity index is 2.43. The van der Waals surface area contributed by atoms with Crippen LogP contribution < -0.4 is 11.1 Å². The van der Waals surface area contributed by atoms with E-state index in [1.165, 1.54) is 0 Å². The zero-order valence-electron chi connectivity index (χ0n) is 10.4. The minimum absolute atomic E-state index is 0.168. The van der Waals surface area contributed by atoms with Crippen LogP contribution in [0.5, 0.6) is 0 Å². The summed E-state index contributed by atoms with van der Waals surface area (Å²) in [4.78, 5) is 12.1. The molecule has 0 saturated heterocycles. The lowest BCUT2D eigenvalue weighted by Crippen LogP contribution is -2.42. The summed E-state index contributed by atoms with van der Waals surface area (Å²) in [5.41, 5.74) is 5.70. The number of nitrogens with two attached hydrogens (primary N) is 1. The highest BCUT2D eigenvalue weighted by Crippen LogP contribution is 2.31. The third-order valence-corrected chi connectivity index (χ3v) is 4.24. The van der Waals surface area contributed by atoms with E-state index in [1.807, 2.05) is 0 Å². The number of hydrogen-bond donors (Lipinski definition) is 2. The Hall–Kier alpha value is -0.220. The molecule has 3 nitrogen and oxygen atoms in total. The van der Waals surface area contributed by atoms with Crippen LogP contribution in [-0.4, -0.2) is 30.5 Å². The van der Waals surface area contributed by atoms with Crippen LogP contribution in [0.2, 0.25) is 0 Å². The molecule has 4 heteroatoms. The molecule has 0 radical (unpaired) electrons. The first-order valence-corrected chi connectivity index (χ1v) is 7.61. The van der Waals surface area contributed by atoms with Crippen molar-refractivity contribution in [1.29, 1.82) is 0 Å². The Bertz CT molecular complexity index is 223. The third kappa shape index (κ3) is 3.67. The third-order valence-electron chi connectivity index (χ3n) is 3.51. The molecule has 3 atom stereocenters. The van der Waals surface area contributed by atoms with Gasteiger partial charge in [-0.3, -0.25) is 4.79 Å². The largest absolute Gasteiger partial charge is 0.352 e. The molecule has 0 spiro atoms. The Morgan fingerprint density at radius 2 is 2.31 bits per heavy atom. The van der Waals surface area contributed by atoms with Gasteiger partial charge in [-0.25, -0.2) is 0 Å². The predicted molar refractivity (Wildman–Crippen MR) is 70.5 cm³/mol. The number of thioether (sulfide) groups is 1. The molecule has 1 rings (SSSR count). The summed E-state index contributed by atoms with van der Waals surface area (Å²) in [5.74, 6) is 1.81. The van der Waals surface area contributed by atoms with Gasteiger partial charge in [-0.1, -0.05) is 13.3 Å². The van der Waals surface area contributed by atoms with Crippen LogP contribution in [0.1, 0.15) is 32.6 Å². The van der Waals surface area contributed by atoms with Gasteiger partial charge in [-0.2, -0.15) is 11.8 Å². The molecule has 0 heterocycles. The van der Waals surface area contributed by atoms with Crippen molar-refractivity contribution in [2.45, 2.75) is 38.6 Å². The maximum Gasteiger partial charge on any atom is 0.223 e. The van der Waals surface area contributed by atoms with Crippen molar-refractivity contribution in [2.24, 2.45) is 17.6 Å². The summed E-state index contributed by atoms with van der Waals surface area (Å²) in [6, 6.07) is 0.321. The first kappa shape index (κ1) is 13.8. The van der Waals surface area contributed by atoms with E-state index in [0.29, 0.717) is 18.5 Å². The zero-order chi connectivity index (χ0) is 12.0. The average molecular weight is 244 g/mol. The van der Waals surface area contributed by atoms with Gasteiger partial charge in [0.1, 0.15) is 0 Å². The van der Waals surface area contributed by atoms with Crippen molar-refractivity contribution >= 4 is 17.7 Å². The molecule has 1 amide bonds. The first-order chi connectivity index (χ1) is 7.72.